The van der Waals surface area contributed by atoms with Gasteiger partial charge in [0, 0.05) is 12.6 Å². The Morgan fingerprint density at radius 2 is 2.11 bits per heavy atom. The molecule has 4 nitrogen and oxygen atoms in total. The molecule has 2 aromatic rings. The molecule has 0 aliphatic heterocycles. The van der Waals surface area contributed by atoms with Gasteiger partial charge in [0.2, 0.25) is 0 Å². The van der Waals surface area contributed by atoms with Crippen molar-refractivity contribution in [2.75, 3.05) is 14.2 Å². The summed E-state index contributed by atoms with van der Waals surface area (Å²) in [4.78, 5) is 14.0. The fourth-order valence-corrected chi connectivity index (χ4v) is 1.86. The lowest BCUT2D eigenvalue weighted by Gasteiger charge is -2.23. The number of furan rings is 1. The van der Waals surface area contributed by atoms with Crippen molar-refractivity contribution in [3.8, 4) is 5.75 Å². The van der Waals surface area contributed by atoms with E-state index >= 15 is 0 Å². The van der Waals surface area contributed by atoms with Crippen LogP contribution in [-0.2, 0) is 0 Å². The molecule has 0 saturated carbocycles. The number of rotatable bonds is 4. The number of methoxy groups -OCH3 is 1. The summed E-state index contributed by atoms with van der Waals surface area (Å²) in [5.41, 5.74) is 0.597. The lowest BCUT2D eigenvalue weighted by Crippen LogP contribution is -2.29. The summed E-state index contributed by atoms with van der Waals surface area (Å²) in [6, 6.07) is 10.7. The SMILES string of the molecule is COc1cccc(C(=O)N(C)C(C)c2ccco2)c1. The summed E-state index contributed by atoms with van der Waals surface area (Å²) in [5.74, 6) is 1.37. The van der Waals surface area contributed by atoms with E-state index in [1.165, 1.54) is 0 Å². The zero-order valence-electron chi connectivity index (χ0n) is 11.3. The molecular weight excluding hydrogens is 242 g/mol. The van der Waals surface area contributed by atoms with Crippen molar-refractivity contribution in [3.63, 3.8) is 0 Å². The van der Waals surface area contributed by atoms with E-state index in [0.29, 0.717) is 11.3 Å². The third-order valence-corrected chi connectivity index (χ3v) is 3.17. The Morgan fingerprint density at radius 3 is 2.74 bits per heavy atom. The first-order valence-corrected chi connectivity index (χ1v) is 6.08. The average Bonchev–Trinajstić information content (AvgIpc) is 2.99. The Kier molecular flexibility index (Phi) is 3.90. The van der Waals surface area contributed by atoms with Gasteiger partial charge >= 0.3 is 0 Å². The zero-order chi connectivity index (χ0) is 13.8. The molecule has 1 aromatic heterocycles. The number of nitrogens with zero attached hydrogens (tertiary/aromatic N) is 1. The molecule has 100 valence electrons. The minimum absolute atomic E-state index is 0.0669. The Morgan fingerprint density at radius 1 is 1.32 bits per heavy atom. The third kappa shape index (κ3) is 2.78. The normalized spacial score (nSPS) is 11.9. The van der Waals surface area contributed by atoms with E-state index in [1.54, 1.807) is 43.5 Å². The summed E-state index contributed by atoms with van der Waals surface area (Å²) in [7, 11) is 3.34. The molecule has 1 heterocycles. The van der Waals surface area contributed by atoms with E-state index < -0.39 is 0 Å². The molecule has 0 spiro atoms. The minimum atomic E-state index is -0.117. The van der Waals surface area contributed by atoms with Crippen molar-refractivity contribution in [2.45, 2.75) is 13.0 Å². The van der Waals surface area contributed by atoms with Crippen LogP contribution < -0.4 is 4.74 Å². The van der Waals surface area contributed by atoms with Crippen LogP contribution in [0, 0.1) is 0 Å². The van der Waals surface area contributed by atoms with Gasteiger partial charge in [-0.1, -0.05) is 6.07 Å². The Labute approximate surface area is 112 Å². The highest BCUT2D eigenvalue weighted by Gasteiger charge is 2.20. The molecule has 0 N–H and O–H groups in total. The van der Waals surface area contributed by atoms with Gasteiger partial charge < -0.3 is 14.1 Å². The van der Waals surface area contributed by atoms with E-state index in [9.17, 15) is 4.79 Å². The molecule has 1 unspecified atom stereocenters. The van der Waals surface area contributed by atoms with Crippen molar-refractivity contribution in [1.82, 2.24) is 4.90 Å². The van der Waals surface area contributed by atoms with Crippen LogP contribution in [-0.4, -0.2) is 25.0 Å². The second kappa shape index (κ2) is 5.61. The summed E-state index contributed by atoms with van der Waals surface area (Å²) in [6.45, 7) is 1.93. The van der Waals surface area contributed by atoms with Crippen molar-refractivity contribution in [2.24, 2.45) is 0 Å². The number of carbonyl (C=O) groups is 1. The number of hydrogen-bond donors (Lipinski definition) is 0. The maximum Gasteiger partial charge on any atom is 0.254 e. The van der Waals surface area contributed by atoms with Gasteiger partial charge in [-0.2, -0.15) is 0 Å². The van der Waals surface area contributed by atoms with Gasteiger partial charge in [0.15, 0.2) is 0 Å². The van der Waals surface area contributed by atoms with Crippen molar-refractivity contribution in [1.29, 1.82) is 0 Å². The summed E-state index contributed by atoms with van der Waals surface area (Å²) < 4.78 is 10.5. The smallest absolute Gasteiger partial charge is 0.254 e. The molecule has 19 heavy (non-hydrogen) atoms. The summed E-state index contributed by atoms with van der Waals surface area (Å²) in [6.07, 6.45) is 1.61. The van der Waals surface area contributed by atoms with Crippen LogP contribution in [0.3, 0.4) is 0 Å². The van der Waals surface area contributed by atoms with Gasteiger partial charge in [-0.25, -0.2) is 0 Å². The monoisotopic (exact) mass is 259 g/mol. The van der Waals surface area contributed by atoms with Gasteiger partial charge in [0.25, 0.3) is 5.91 Å². The van der Waals surface area contributed by atoms with Crippen LogP contribution in [0.4, 0.5) is 0 Å². The van der Waals surface area contributed by atoms with Crippen LogP contribution in [0.25, 0.3) is 0 Å². The zero-order valence-corrected chi connectivity index (χ0v) is 11.3. The molecule has 2 rings (SSSR count). The molecule has 0 bridgehead atoms. The molecule has 0 radical (unpaired) electrons. The summed E-state index contributed by atoms with van der Waals surface area (Å²) in [5, 5.41) is 0. The predicted molar refractivity (Wildman–Crippen MR) is 72.2 cm³/mol. The Hall–Kier alpha value is -2.23. The number of carbonyl (C=O) groups excluding carboxylic acids is 1. The second-order valence-corrected chi connectivity index (χ2v) is 4.34. The highest BCUT2D eigenvalue weighted by Crippen LogP contribution is 2.22. The highest BCUT2D eigenvalue weighted by atomic mass is 16.5. The Balaban J connectivity index is 2.18. The van der Waals surface area contributed by atoms with E-state index in [-0.39, 0.29) is 11.9 Å². The van der Waals surface area contributed by atoms with Gasteiger partial charge in [0.05, 0.1) is 19.4 Å². The van der Waals surface area contributed by atoms with Crippen LogP contribution in [0.1, 0.15) is 29.1 Å². The van der Waals surface area contributed by atoms with Crippen LogP contribution >= 0.6 is 0 Å². The first kappa shape index (κ1) is 13.2. The number of amides is 1. The minimum Gasteiger partial charge on any atom is -0.497 e. The largest absolute Gasteiger partial charge is 0.497 e. The van der Waals surface area contributed by atoms with E-state index in [2.05, 4.69) is 0 Å². The predicted octanol–water partition coefficient (Wildman–Crippen LogP) is 3.12. The third-order valence-electron chi connectivity index (χ3n) is 3.17. The molecular formula is C15H17NO3. The molecule has 4 heteroatoms. The molecule has 0 aliphatic carbocycles. The van der Waals surface area contributed by atoms with Gasteiger partial charge in [-0.05, 0) is 37.3 Å². The van der Waals surface area contributed by atoms with E-state index in [0.717, 1.165) is 5.76 Å². The first-order chi connectivity index (χ1) is 9.13. The second-order valence-electron chi connectivity index (χ2n) is 4.34. The topological polar surface area (TPSA) is 42.7 Å². The number of ether oxygens (including phenoxy) is 1. The molecule has 1 aromatic carbocycles. The van der Waals surface area contributed by atoms with Crippen molar-refractivity contribution < 1.29 is 13.9 Å². The van der Waals surface area contributed by atoms with Crippen LogP contribution in [0.5, 0.6) is 5.75 Å². The average molecular weight is 259 g/mol. The number of hydrogen-bond acceptors (Lipinski definition) is 3. The van der Waals surface area contributed by atoms with Crippen LogP contribution in [0.2, 0.25) is 0 Å². The van der Waals surface area contributed by atoms with Crippen LogP contribution in [0.15, 0.2) is 47.1 Å². The molecule has 0 fully saturated rings. The fourth-order valence-electron chi connectivity index (χ4n) is 1.86. The molecule has 0 saturated heterocycles. The molecule has 0 aliphatic rings. The standard InChI is InChI=1S/C15H17NO3/c1-11(14-8-5-9-19-14)16(2)15(17)12-6-4-7-13(10-12)18-3/h4-11H,1-3H3. The maximum absolute atomic E-state index is 12.4. The van der Waals surface area contributed by atoms with Crippen molar-refractivity contribution >= 4 is 5.91 Å². The molecule has 1 amide bonds. The van der Waals surface area contributed by atoms with Crippen molar-refractivity contribution in [3.05, 3.63) is 54.0 Å². The maximum atomic E-state index is 12.4. The van der Waals surface area contributed by atoms with E-state index in [1.807, 2.05) is 25.1 Å². The Bertz CT molecular complexity index is 548. The highest BCUT2D eigenvalue weighted by molar-refractivity contribution is 5.94. The van der Waals surface area contributed by atoms with Gasteiger partial charge in [-0.3, -0.25) is 4.79 Å². The van der Waals surface area contributed by atoms with E-state index in [4.69, 9.17) is 9.15 Å². The molecule has 1 atom stereocenters. The lowest BCUT2D eigenvalue weighted by molar-refractivity contribution is 0.0726. The van der Waals surface area contributed by atoms with Gasteiger partial charge in [0.1, 0.15) is 11.5 Å². The quantitative estimate of drug-likeness (QED) is 0.847. The summed E-state index contributed by atoms with van der Waals surface area (Å²) >= 11 is 0. The number of benzene rings is 1. The first-order valence-electron chi connectivity index (χ1n) is 6.08. The lowest BCUT2D eigenvalue weighted by atomic mass is 10.1. The van der Waals surface area contributed by atoms with Gasteiger partial charge in [-0.15, -0.1) is 0 Å². The fraction of sp³-hybridized carbons (Fsp3) is 0.267.